The Morgan fingerprint density at radius 2 is 1.96 bits per heavy atom. The third kappa shape index (κ3) is 3.03. The fourth-order valence-corrected chi connectivity index (χ4v) is 4.89. The van der Waals surface area contributed by atoms with Crippen molar-refractivity contribution < 1.29 is 13.2 Å². The summed E-state index contributed by atoms with van der Waals surface area (Å²) in [6, 6.07) is 6.03. The number of hydrogen-bond acceptors (Lipinski definition) is 4. The standard InChI is InChI=1S/C19H19ClF3N5/c1-27-6-12-13(7-27)15(12)24-5-10-2-3-14-11(4-10)16-17(18(20)26-9-25-16)28(14)8-19(21,22)23/h2-4,9,12-13,15,24H,5-8H2,1H3/t12-,13+,15?. The molecule has 0 bridgehead atoms. The lowest BCUT2D eigenvalue weighted by Gasteiger charge is -2.14. The number of alkyl halides is 3. The summed E-state index contributed by atoms with van der Waals surface area (Å²) in [5.41, 5.74) is 2.15. The van der Waals surface area contributed by atoms with E-state index in [1.54, 1.807) is 6.07 Å². The van der Waals surface area contributed by atoms with Crippen LogP contribution in [0.1, 0.15) is 5.56 Å². The Morgan fingerprint density at radius 3 is 2.68 bits per heavy atom. The van der Waals surface area contributed by atoms with Crippen molar-refractivity contribution >= 4 is 33.5 Å². The Balaban J connectivity index is 1.48. The fraction of sp³-hybridized carbons (Fsp3) is 0.474. The Hall–Kier alpha value is -1.90. The molecule has 1 aliphatic carbocycles. The maximum Gasteiger partial charge on any atom is 0.406 e. The number of nitrogens with zero attached hydrogens (tertiary/aromatic N) is 4. The molecule has 3 heterocycles. The van der Waals surface area contributed by atoms with Gasteiger partial charge in [-0.3, -0.25) is 0 Å². The van der Waals surface area contributed by atoms with Gasteiger partial charge in [0.15, 0.2) is 5.15 Å². The summed E-state index contributed by atoms with van der Waals surface area (Å²) < 4.78 is 40.5. The Morgan fingerprint density at radius 1 is 1.21 bits per heavy atom. The lowest BCUT2D eigenvalue weighted by Crippen LogP contribution is -2.28. The minimum absolute atomic E-state index is 0.0278. The van der Waals surface area contributed by atoms with Crippen molar-refractivity contribution in [1.29, 1.82) is 0 Å². The SMILES string of the molecule is CN1C[C@@H]2C(NCc3ccc4c(c3)c3ncnc(Cl)c3n4CC(F)(F)F)[C@@H]2C1. The van der Waals surface area contributed by atoms with E-state index in [2.05, 4.69) is 27.2 Å². The van der Waals surface area contributed by atoms with E-state index in [-0.39, 0.29) is 10.7 Å². The third-order valence-electron chi connectivity index (χ3n) is 5.91. The van der Waals surface area contributed by atoms with E-state index in [4.69, 9.17) is 11.6 Å². The van der Waals surface area contributed by atoms with E-state index in [9.17, 15) is 13.2 Å². The number of benzene rings is 1. The second-order valence-electron chi connectivity index (χ2n) is 7.87. The summed E-state index contributed by atoms with van der Waals surface area (Å²) in [7, 11) is 2.14. The van der Waals surface area contributed by atoms with Crippen LogP contribution in [-0.2, 0) is 13.1 Å². The molecular weight excluding hydrogens is 391 g/mol. The van der Waals surface area contributed by atoms with Crippen molar-refractivity contribution in [3.63, 3.8) is 0 Å². The predicted octanol–water partition coefficient (Wildman–Crippen LogP) is 3.45. The lowest BCUT2D eigenvalue weighted by atomic mass is 10.1. The molecule has 0 amide bonds. The van der Waals surface area contributed by atoms with Crippen LogP contribution in [0.15, 0.2) is 24.5 Å². The average molecular weight is 410 g/mol. The first kappa shape index (κ1) is 18.1. The van der Waals surface area contributed by atoms with Gasteiger partial charge in [-0.05, 0) is 36.6 Å². The van der Waals surface area contributed by atoms with Crippen LogP contribution in [0, 0.1) is 11.8 Å². The molecule has 0 spiro atoms. The van der Waals surface area contributed by atoms with Gasteiger partial charge in [0, 0.05) is 31.1 Å². The molecule has 2 aromatic heterocycles. The van der Waals surface area contributed by atoms with Gasteiger partial charge in [-0.25, -0.2) is 9.97 Å². The molecule has 5 nitrogen and oxygen atoms in total. The molecule has 1 aromatic carbocycles. The zero-order valence-electron chi connectivity index (χ0n) is 15.2. The summed E-state index contributed by atoms with van der Waals surface area (Å²) in [5, 5.41) is 4.29. The first-order valence-corrected chi connectivity index (χ1v) is 9.59. The summed E-state index contributed by atoms with van der Waals surface area (Å²) in [5.74, 6) is 1.43. The number of likely N-dealkylation sites (tertiary alicyclic amines) is 1. The smallest absolute Gasteiger partial charge is 0.327 e. The highest BCUT2D eigenvalue weighted by Crippen LogP contribution is 2.45. The molecule has 2 aliphatic rings. The van der Waals surface area contributed by atoms with Gasteiger partial charge < -0.3 is 14.8 Å². The van der Waals surface area contributed by atoms with E-state index in [0.717, 1.165) is 23.2 Å². The van der Waals surface area contributed by atoms with Crippen molar-refractivity contribution in [2.45, 2.75) is 25.3 Å². The molecule has 3 aromatic rings. The van der Waals surface area contributed by atoms with Gasteiger partial charge in [0.25, 0.3) is 0 Å². The van der Waals surface area contributed by atoms with E-state index in [0.29, 0.717) is 40.8 Å². The average Bonchev–Trinajstić information content (AvgIpc) is 2.95. The third-order valence-corrected chi connectivity index (χ3v) is 6.19. The van der Waals surface area contributed by atoms with Crippen LogP contribution in [0.2, 0.25) is 5.15 Å². The van der Waals surface area contributed by atoms with Crippen molar-refractivity contribution in [2.75, 3.05) is 20.1 Å². The molecule has 28 heavy (non-hydrogen) atoms. The van der Waals surface area contributed by atoms with E-state index in [1.165, 1.54) is 6.33 Å². The Bertz CT molecular complexity index is 1050. The number of hydrogen-bond donors (Lipinski definition) is 1. The normalized spacial score (nSPS) is 25.0. The maximum absolute atomic E-state index is 13.1. The molecule has 1 saturated heterocycles. The van der Waals surface area contributed by atoms with Crippen LogP contribution in [0.3, 0.4) is 0 Å². The molecule has 1 unspecified atom stereocenters. The van der Waals surface area contributed by atoms with Gasteiger partial charge >= 0.3 is 6.18 Å². The highest BCUT2D eigenvalue weighted by atomic mass is 35.5. The van der Waals surface area contributed by atoms with Crippen LogP contribution < -0.4 is 5.32 Å². The largest absolute Gasteiger partial charge is 0.406 e. The summed E-state index contributed by atoms with van der Waals surface area (Å²) in [6.07, 6.45) is -3.08. The summed E-state index contributed by atoms with van der Waals surface area (Å²) in [4.78, 5) is 10.4. The van der Waals surface area contributed by atoms with E-state index >= 15 is 0 Å². The zero-order chi connectivity index (χ0) is 19.6. The van der Waals surface area contributed by atoms with Gasteiger partial charge in [-0.1, -0.05) is 17.7 Å². The number of piperidine rings is 1. The van der Waals surface area contributed by atoms with Crippen molar-refractivity contribution in [3.05, 3.63) is 35.2 Å². The zero-order valence-corrected chi connectivity index (χ0v) is 15.9. The molecular formula is C19H19ClF3N5. The Labute approximate surface area is 164 Å². The minimum Gasteiger partial charge on any atom is -0.327 e. The summed E-state index contributed by atoms with van der Waals surface area (Å²) in [6.45, 7) is 1.81. The van der Waals surface area contributed by atoms with Crippen LogP contribution in [0.4, 0.5) is 13.2 Å². The van der Waals surface area contributed by atoms with E-state index in [1.807, 2.05) is 12.1 Å². The number of aromatic nitrogens is 3. The van der Waals surface area contributed by atoms with Gasteiger partial charge in [-0.2, -0.15) is 13.2 Å². The van der Waals surface area contributed by atoms with Crippen LogP contribution in [-0.4, -0.2) is 51.8 Å². The molecule has 9 heteroatoms. The van der Waals surface area contributed by atoms with Crippen molar-refractivity contribution in [3.8, 4) is 0 Å². The number of nitrogens with one attached hydrogen (secondary N) is 1. The highest BCUT2D eigenvalue weighted by Gasteiger charge is 2.54. The molecule has 2 fully saturated rings. The van der Waals surface area contributed by atoms with E-state index < -0.39 is 12.7 Å². The van der Waals surface area contributed by atoms with Crippen LogP contribution in [0.25, 0.3) is 21.9 Å². The maximum atomic E-state index is 13.1. The first-order chi connectivity index (χ1) is 13.3. The molecule has 148 valence electrons. The van der Waals surface area contributed by atoms with Crippen LogP contribution in [0.5, 0.6) is 0 Å². The molecule has 3 atom stereocenters. The van der Waals surface area contributed by atoms with Crippen LogP contribution >= 0.6 is 11.6 Å². The number of halogens is 4. The molecule has 1 saturated carbocycles. The van der Waals surface area contributed by atoms with Crippen molar-refractivity contribution in [2.24, 2.45) is 11.8 Å². The van der Waals surface area contributed by atoms with Gasteiger partial charge in [0.2, 0.25) is 0 Å². The lowest BCUT2D eigenvalue weighted by molar-refractivity contribution is -0.139. The second kappa shape index (κ2) is 6.30. The molecule has 5 rings (SSSR count). The molecule has 0 radical (unpaired) electrons. The number of fused-ring (bicyclic) bond motifs is 4. The predicted molar refractivity (Wildman–Crippen MR) is 101 cm³/mol. The Kier molecular flexibility index (Phi) is 4.08. The van der Waals surface area contributed by atoms with Gasteiger partial charge in [-0.15, -0.1) is 0 Å². The quantitative estimate of drug-likeness (QED) is 0.670. The molecule has 1 aliphatic heterocycles. The summed E-state index contributed by atoms with van der Waals surface area (Å²) >= 11 is 6.12. The molecule has 1 N–H and O–H groups in total. The second-order valence-corrected chi connectivity index (χ2v) is 8.23. The topological polar surface area (TPSA) is 46.0 Å². The van der Waals surface area contributed by atoms with Crippen molar-refractivity contribution in [1.82, 2.24) is 24.8 Å². The highest BCUT2D eigenvalue weighted by molar-refractivity contribution is 6.34. The monoisotopic (exact) mass is 409 g/mol. The fourth-order valence-electron chi connectivity index (χ4n) is 4.65. The number of rotatable bonds is 4. The van der Waals surface area contributed by atoms with Gasteiger partial charge in [0.05, 0.1) is 5.52 Å². The van der Waals surface area contributed by atoms with Gasteiger partial charge in [0.1, 0.15) is 23.9 Å². The minimum atomic E-state index is -4.37. The first-order valence-electron chi connectivity index (χ1n) is 9.22.